The molecular formula is C35H40F4O2. The van der Waals surface area contributed by atoms with Crippen LogP contribution >= 0.6 is 0 Å². The van der Waals surface area contributed by atoms with Crippen LogP contribution in [-0.4, -0.2) is 13.2 Å². The Labute approximate surface area is 241 Å². The molecule has 2 unspecified atom stereocenters. The minimum Gasteiger partial charge on any atom is -0.490 e. The van der Waals surface area contributed by atoms with Crippen molar-refractivity contribution in [2.45, 2.75) is 77.2 Å². The van der Waals surface area contributed by atoms with Gasteiger partial charge in [0, 0.05) is 16.7 Å². The van der Waals surface area contributed by atoms with E-state index in [0.29, 0.717) is 36.7 Å². The molecule has 41 heavy (non-hydrogen) atoms. The van der Waals surface area contributed by atoms with Crippen LogP contribution in [-0.2, 0) is 4.74 Å². The van der Waals surface area contributed by atoms with Gasteiger partial charge >= 0.3 is 0 Å². The zero-order valence-corrected chi connectivity index (χ0v) is 23.9. The smallest absolute Gasteiger partial charge is 0.201 e. The standard InChI is InChI=1S/C35H40F4O2/c1-3-5-7-8-9-10-22-40-31-21-19-28(33(37)35(31)39)26-15-13-25(14-16-26)27-17-18-29(34(38)32(27)36)30-20-12-24(23-41-30)11-6-4-2/h4,13-19,21,24,30H,2-3,5-12,20,22-23H2,1H3. The Hall–Kier alpha value is -3.12. The summed E-state index contributed by atoms with van der Waals surface area (Å²) in [7, 11) is 0. The molecule has 0 bridgehead atoms. The van der Waals surface area contributed by atoms with E-state index >= 15 is 8.78 Å². The molecule has 220 valence electrons. The third kappa shape index (κ3) is 7.79. The zero-order chi connectivity index (χ0) is 29.2. The Morgan fingerprint density at radius 2 is 1.41 bits per heavy atom. The average molecular weight is 569 g/mol. The molecule has 0 saturated carbocycles. The Morgan fingerprint density at radius 3 is 2.05 bits per heavy atom. The van der Waals surface area contributed by atoms with Crippen LogP contribution in [0.4, 0.5) is 17.6 Å². The first-order valence-corrected chi connectivity index (χ1v) is 14.9. The number of ether oxygens (including phenoxy) is 2. The summed E-state index contributed by atoms with van der Waals surface area (Å²) in [6.45, 7) is 6.76. The lowest BCUT2D eigenvalue weighted by Crippen LogP contribution is -2.21. The van der Waals surface area contributed by atoms with Gasteiger partial charge in [-0.2, -0.15) is 4.39 Å². The quantitative estimate of drug-likeness (QED) is 0.109. The van der Waals surface area contributed by atoms with Gasteiger partial charge in [0.2, 0.25) is 5.82 Å². The molecule has 4 rings (SSSR count). The van der Waals surface area contributed by atoms with Gasteiger partial charge in [0.25, 0.3) is 0 Å². The van der Waals surface area contributed by atoms with Gasteiger partial charge in [0.1, 0.15) is 0 Å². The minimum atomic E-state index is -1.03. The fraction of sp³-hybridized carbons (Fsp3) is 0.429. The summed E-state index contributed by atoms with van der Waals surface area (Å²) >= 11 is 0. The van der Waals surface area contributed by atoms with E-state index in [1.54, 1.807) is 36.4 Å². The van der Waals surface area contributed by atoms with Gasteiger partial charge in [-0.15, -0.1) is 6.58 Å². The van der Waals surface area contributed by atoms with Crippen LogP contribution in [0.3, 0.4) is 0 Å². The lowest BCUT2D eigenvalue weighted by Gasteiger charge is -2.29. The number of benzene rings is 3. The second kappa shape index (κ2) is 15.2. The van der Waals surface area contributed by atoms with Crippen molar-refractivity contribution in [3.63, 3.8) is 0 Å². The molecule has 0 radical (unpaired) electrons. The average Bonchev–Trinajstić information content (AvgIpc) is 2.99. The molecule has 1 saturated heterocycles. The van der Waals surface area contributed by atoms with Crippen LogP contribution in [0.1, 0.15) is 82.8 Å². The monoisotopic (exact) mass is 568 g/mol. The van der Waals surface area contributed by atoms with E-state index in [1.165, 1.54) is 31.4 Å². The second-order valence-electron chi connectivity index (χ2n) is 10.9. The largest absolute Gasteiger partial charge is 0.490 e. The summed E-state index contributed by atoms with van der Waals surface area (Å²) in [5.74, 6) is -3.59. The first-order valence-electron chi connectivity index (χ1n) is 14.9. The second-order valence-corrected chi connectivity index (χ2v) is 10.9. The molecule has 1 aliphatic heterocycles. The van der Waals surface area contributed by atoms with Gasteiger partial charge in [-0.25, -0.2) is 13.2 Å². The van der Waals surface area contributed by atoms with E-state index in [-0.39, 0.29) is 22.4 Å². The SMILES string of the molecule is C=CCCC1CCC(c2ccc(-c3ccc(-c4ccc(OCCCCCCCC)c(F)c4F)cc3)c(F)c2F)OC1. The molecule has 0 amide bonds. The number of hydrogen-bond acceptors (Lipinski definition) is 2. The van der Waals surface area contributed by atoms with Crippen LogP contribution in [0.5, 0.6) is 5.75 Å². The Bertz CT molecular complexity index is 1280. The van der Waals surface area contributed by atoms with E-state index in [1.807, 2.05) is 6.08 Å². The van der Waals surface area contributed by atoms with Gasteiger partial charge in [0.05, 0.1) is 19.3 Å². The predicted octanol–water partition coefficient (Wildman–Crippen LogP) is 10.8. The molecular weight excluding hydrogens is 528 g/mol. The van der Waals surface area contributed by atoms with Crippen molar-refractivity contribution in [3.05, 3.63) is 90.0 Å². The maximum atomic E-state index is 15.2. The number of rotatable bonds is 14. The molecule has 0 N–H and O–H groups in total. The van der Waals surface area contributed by atoms with E-state index in [2.05, 4.69) is 13.5 Å². The molecule has 0 spiro atoms. The molecule has 2 atom stereocenters. The summed E-state index contributed by atoms with van der Waals surface area (Å²) in [5, 5.41) is 0. The van der Waals surface area contributed by atoms with Crippen molar-refractivity contribution in [2.24, 2.45) is 5.92 Å². The zero-order valence-electron chi connectivity index (χ0n) is 23.9. The molecule has 0 aliphatic carbocycles. The van der Waals surface area contributed by atoms with Gasteiger partial charge in [-0.05, 0) is 61.3 Å². The van der Waals surface area contributed by atoms with E-state index in [4.69, 9.17) is 9.47 Å². The van der Waals surface area contributed by atoms with E-state index in [9.17, 15) is 8.78 Å². The molecule has 2 nitrogen and oxygen atoms in total. The van der Waals surface area contributed by atoms with E-state index in [0.717, 1.165) is 38.5 Å². The van der Waals surface area contributed by atoms with Crippen LogP contribution in [0, 0.1) is 29.2 Å². The lowest BCUT2D eigenvalue weighted by atomic mass is 9.90. The Morgan fingerprint density at radius 1 is 0.780 bits per heavy atom. The molecule has 0 aromatic heterocycles. The highest BCUT2D eigenvalue weighted by Gasteiger charge is 2.27. The maximum absolute atomic E-state index is 15.2. The van der Waals surface area contributed by atoms with Crippen LogP contribution in [0.15, 0.2) is 61.2 Å². The highest BCUT2D eigenvalue weighted by molar-refractivity contribution is 5.71. The number of allylic oxidation sites excluding steroid dienone is 1. The molecule has 6 heteroatoms. The summed E-state index contributed by atoms with van der Waals surface area (Å²) in [6.07, 6.45) is 11.3. The normalized spacial score (nSPS) is 17.0. The van der Waals surface area contributed by atoms with Crippen LogP contribution in [0.25, 0.3) is 22.3 Å². The van der Waals surface area contributed by atoms with Gasteiger partial charge in [0.15, 0.2) is 23.2 Å². The van der Waals surface area contributed by atoms with Crippen molar-refractivity contribution in [1.82, 2.24) is 0 Å². The number of hydrogen-bond donors (Lipinski definition) is 0. The first kappa shape index (κ1) is 30.8. The molecule has 1 heterocycles. The van der Waals surface area contributed by atoms with Crippen LogP contribution in [0.2, 0.25) is 0 Å². The number of halogens is 4. The van der Waals surface area contributed by atoms with Gasteiger partial charge in [-0.3, -0.25) is 0 Å². The summed E-state index contributed by atoms with van der Waals surface area (Å²) in [5.41, 5.74) is 1.25. The third-order valence-electron chi connectivity index (χ3n) is 7.92. The predicted molar refractivity (Wildman–Crippen MR) is 157 cm³/mol. The molecule has 1 fully saturated rings. The Balaban J connectivity index is 1.40. The minimum absolute atomic E-state index is 0.0730. The van der Waals surface area contributed by atoms with Crippen molar-refractivity contribution >= 4 is 0 Å². The first-order chi connectivity index (χ1) is 19.9. The summed E-state index contributed by atoms with van der Waals surface area (Å²) < 4.78 is 71.3. The molecule has 1 aliphatic rings. The fourth-order valence-corrected chi connectivity index (χ4v) is 5.43. The van der Waals surface area contributed by atoms with Gasteiger partial charge < -0.3 is 9.47 Å². The fourth-order valence-electron chi connectivity index (χ4n) is 5.43. The Kier molecular flexibility index (Phi) is 11.4. The molecule has 3 aromatic carbocycles. The van der Waals surface area contributed by atoms with Crippen molar-refractivity contribution in [2.75, 3.05) is 13.2 Å². The highest BCUT2D eigenvalue weighted by Crippen LogP contribution is 2.37. The van der Waals surface area contributed by atoms with Crippen molar-refractivity contribution in [3.8, 4) is 28.0 Å². The summed E-state index contributed by atoms with van der Waals surface area (Å²) in [6, 6.07) is 12.3. The topological polar surface area (TPSA) is 18.5 Å². The van der Waals surface area contributed by atoms with Crippen LogP contribution < -0.4 is 4.74 Å². The van der Waals surface area contributed by atoms with Crippen molar-refractivity contribution in [1.29, 1.82) is 0 Å². The van der Waals surface area contributed by atoms with Gasteiger partial charge in [-0.1, -0.05) is 81.5 Å². The number of unbranched alkanes of at least 4 members (excludes halogenated alkanes) is 5. The van der Waals surface area contributed by atoms with Crippen molar-refractivity contribution < 1.29 is 27.0 Å². The summed E-state index contributed by atoms with van der Waals surface area (Å²) in [4.78, 5) is 0. The lowest BCUT2D eigenvalue weighted by molar-refractivity contribution is -0.0210. The maximum Gasteiger partial charge on any atom is 0.201 e. The third-order valence-corrected chi connectivity index (χ3v) is 7.92. The highest BCUT2D eigenvalue weighted by atomic mass is 19.2. The molecule has 3 aromatic rings. The van der Waals surface area contributed by atoms with E-state index < -0.39 is 29.4 Å².